The topological polar surface area (TPSA) is 69.1 Å². The van der Waals surface area contributed by atoms with Crippen molar-refractivity contribution in [2.45, 2.75) is 51.6 Å². The predicted molar refractivity (Wildman–Crippen MR) is 141 cm³/mol. The van der Waals surface area contributed by atoms with Gasteiger partial charge in [-0.05, 0) is 78.9 Å². The number of benzene rings is 2. The van der Waals surface area contributed by atoms with Crippen LogP contribution >= 0.6 is 15.9 Å². The minimum atomic E-state index is -4.38. The molecule has 1 aliphatic rings. The molecule has 5 rings (SSSR count). The number of nitrogens with zero attached hydrogens (tertiary/aromatic N) is 2. The van der Waals surface area contributed by atoms with Gasteiger partial charge in [0.1, 0.15) is 0 Å². The summed E-state index contributed by atoms with van der Waals surface area (Å²) in [5.41, 5.74) is 0.859. The fourth-order valence-electron chi connectivity index (χ4n) is 3.75. The van der Waals surface area contributed by atoms with Gasteiger partial charge in [-0.1, -0.05) is 24.3 Å². The lowest BCUT2D eigenvalue weighted by Crippen LogP contribution is -2.41. The molecule has 0 unspecified atom stereocenters. The van der Waals surface area contributed by atoms with Gasteiger partial charge in [-0.15, -0.1) is 0 Å². The van der Waals surface area contributed by atoms with Gasteiger partial charge in [0.2, 0.25) is 0 Å². The SMILES string of the molecule is CC1(C)OB(c2ccc3cn[nH]c3c2)OC1(C)C.O=c1ccc(Br)cn1Cc1cccc(C(F)(F)F)c1. The molecule has 2 aromatic heterocycles. The third-order valence-electron chi connectivity index (χ3n) is 6.55. The molecule has 37 heavy (non-hydrogen) atoms. The van der Waals surface area contributed by atoms with Crippen molar-refractivity contribution in [3.05, 3.63) is 92.9 Å². The summed E-state index contributed by atoms with van der Waals surface area (Å²) in [5.74, 6) is 0. The highest BCUT2D eigenvalue weighted by atomic mass is 79.9. The van der Waals surface area contributed by atoms with Crippen molar-refractivity contribution in [3.8, 4) is 0 Å². The summed E-state index contributed by atoms with van der Waals surface area (Å²) < 4.78 is 51.8. The first-order valence-electron chi connectivity index (χ1n) is 11.6. The molecule has 2 aromatic carbocycles. The molecule has 0 atom stereocenters. The molecule has 6 nitrogen and oxygen atoms in total. The van der Waals surface area contributed by atoms with E-state index in [1.54, 1.807) is 18.3 Å². The van der Waals surface area contributed by atoms with E-state index in [9.17, 15) is 18.0 Å². The molecule has 1 N–H and O–H groups in total. The highest BCUT2D eigenvalue weighted by Crippen LogP contribution is 2.36. The fourth-order valence-corrected chi connectivity index (χ4v) is 4.13. The summed E-state index contributed by atoms with van der Waals surface area (Å²) in [6.45, 7) is 8.33. The molecule has 194 valence electrons. The number of hydrogen-bond acceptors (Lipinski definition) is 4. The van der Waals surface area contributed by atoms with Crippen molar-refractivity contribution in [1.82, 2.24) is 14.8 Å². The van der Waals surface area contributed by atoms with Crippen LogP contribution in [0.3, 0.4) is 0 Å². The van der Waals surface area contributed by atoms with Gasteiger partial charge in [0.05, 0.1) is 35.0 Å². The zero-order valence-electron chi connectivity index (χ0n) is 20.8. The number of fused-ring (bicyclic) bond motifs is 1. The minimum absolute atomic E-state index is 0.0994. The van der Waals surface area contributed by atoms with Gasteiger partial charge >= 0.3 is 13.3 Å². The molecule has 0 aliphatic carbocycles. The van der Waals surface area contributed by atoms with Crippen molar-refractivity contribution >= 4 is 39.4 Å². The standard InChI is InChI=1S/C13H17BN2O2.C13H9BrF3NO/c1-12(2)13(3,4)18-14(17-12)10-6-5-9-8-15-16-11(9)7-10;14-11-4-5-12(19)18(8-11)7-9-2-1-3-10(6-9)13(15,16)17/h5-8H,1-4H3,(H,15,16);1-6,8H,7H2. The number of alkyl halides is 3. The number of H-pyrrole nitrogens is 1. The first kappa shape index (κ1) is 27.2. The maximum Gasteiger partial charge on any atom is 0.494 e. The van der Waals surface area contributed by atoms with Gasteiger partial charge < -0.3 is 13.9 Å². The van der Waals surface area contributed by atoms with Crippen LogP contribution in [0.5, 0.6) is 0 Å². The van der Waals surface area contributed by atoms with E-state index in [1.807, 2.05) is 24.4 Å². The Morgan fingerprint density at radius 3 is 2.41 bits per heavy atom. The Hall–Kier alpha value is -2.89. The highest BCUT2D eigenvalue weighted by Gasteiger charge is 2.51. The summed E-state index contributed by atoms with van der Waals surface area (Å²) in [4.78, 5) is 11.6. The lowest BCUT2D eigenvalue weighted by Gasteiger charge is -2.32. The maximum atomic E-state index is 12.6. The Morgan fingerprint density at radius 1 is 1.03 bits per heavy atom. The summed E-state index contributed by atoms with van der Waals surface area (Å²) >= 11 is 3.22. The Balaban J connectivity index is 0.000000173. The molecule has 0 saturated carbocycles. The lowest BCUT2D eigenvalue weighted by molar-refractivity contribution is -0.137. The number of pyridine rings is 1. The van der Waals surface area contributed by atoms with E-state index in [4.69, 9.17) is 9.31 Å². The Bertz CT molecular complexity index is 1450. The maximum absolute atomic E-state index is 12.6. The number of halogens is 4. The van der Waals surface area contributed by atoms with Crippen molar-refractivity contribution in [1.29, 1.82) is 0 Å². The smallest absolute Gasteiger partial charge is 0.399 e. The zero-order valence-corrected chi connectivity index (χ0v) is 22.4. The molecule has 3 heterocycles. The molecular weight excluding hydrogens is 550 g/mol. The molecule has 1 saturated heterocycles. The van der Waals surface area contributed by atoms with Gasteiger partial charge in [0.15, 0.2) is 0 Å². The van der Waals surface area contributed by atoms with E-state index < -0.39 is 11.7 Å². The lowest BCUT2D eigenvalue weighted by atomic mass is 9.79. The molecule has 0 spiro atoms. The van der Waals surface area contributed by atoms with Crippen LogP contribution in [-0.4, -0.2) is 33.1 Å². The van der Waals surface area contributed by atoms with E-state index in [0.29, 0.717) is 10.0 Å². The van der Waals surface area contributed by atoms with Crippen LogP contribution < -0.4 is 11.0 Å². The Kier molecular flexibility index (Phi) is 7.42. The second-order valence-corrected chi connectivity index (χ2v) is 10.7. The van der Waals surface area contributed by atoms with Crippen LogP contribution in [0, 0.1) is 0 Å². The molecule has 1 fully saturated rings. The van der Waals surface area contributed by atoms with Crippen molar-refractivity contribution in [2.75, 3.05) is 0 Å². The summed E-state index contributed by atoms with van der Waals surface area (Å²) in [5, 5.41) is 8.08. The Morgan fingerprint density at radius 2 is 1.73 bits per heavy atom. The van der Waals surface area contributed by atoms with Gasteiger partial charge in [0, 0.05) is 22.1 Å². The average molecular weight is 576 g/mol. The number of hydrogen-bond donors (Lipinski definition) is 1. The van der Waals surface area contributed by atoms with Crippen LogP contribution in [-0.2, 0) is 22.0 Å². The fraction of sp³-hybridized carbons (Fsp3) is 0.308. The van der Waals surface area contributed by atoms with Crippen LogP contribution in [0.4, 0.5) is 13.2 Å². The highest BCUT2D eigenvalue weighted by molar-refractivity contribution is 9.10. The molecule has 11 heteroatoms. The third kappa shape index (κ3) is 6.16. The second-order valence-electron chi connectivity index (χ2n) is 9.82. The second kappa shape index (κ2) is 10.1. The van der Waals surface area contributed by atoms with Gasteiger partial charge in [0.25, 0.3) is 5.56 Å². The normalized spacial score (nSPS) is 16.5. The predicted octanol–water partition coefficient (Wildman–Crippen LogP) is 5.54. The summed E-state index contributed by atoms with van der Waals surface area (Å²) in [6.07, 6.45) is -1.02. The van der Waals surface area contributed by atoms with E-state index in [0.717, 1.165) is 28.5 Å². The van der Waals surface area contributed by atoms with Crippen molar-refractivity contribution < 1.29 is 22.5 Å². The molecular formula is C26H26BBrF3N3O3. The van der Waals surface area contributed by atoms with Gasteiger partial charge in [-0.25, -0.2) is 0 Å². The van der Waals surface area contributed by atoms with Gasteiger partial charge in [-0.3, -0.25) is 9.89 Å². The zero-order chi connectivity index (χ0) is 27.0. The monoisotopic (exact) mass is 575 g/mol. The largest absolute Gasteiger partial charge is 0.494 e. The number of aromatic nitrogens is 3. The van der Waals surface area contributed by atoms with Crippen molar-refractivity contribution in [3.63, 3.8) is 0 Å². The molecule has 0 bridgehead atoms. The molecule has 4 aromatic rings. The van der Waals surface area contributed by atoms with E-state index in [2.05, 4.69) is 53.8 Å². The average Bonchev–Trinajstić information content (AvgIpc) is 3.37. The molecule has 1 aliphatic heterocycles. The molecule has 0 radical (unpaired) electrons. The van der Waals surface area contributed by atoms with E-state index in [1.165, 1.54) is 16.7 Å². The van der Waals surface area contributed by atoms with Crippen LogP contribution in [0.2, 0.25) is 0 Å². The summed E-state index contributed by atoms with van der Waals surface area (Å²) in [6, 6.07) is 14.0. The number of rotatable bonds is 3. The van der Waals surface area contributed by atoms with Gasteiger partial charge in [-0.2, -0.15) is 18.3 Å². The van der Waals surface area contributed by atoms with Crippen LogP contribution in [0.1, 0.15) is 38.8 Å². The van der Waals surface area contributed by atoms with E-state index in [-0.39, 0.29) is 30.4 Å². The van der Waals surface area contributed by atoms with Crippen molar-refractivity contribution in [2.24, 2.45) is 0 Å². The van der Waals surface area contributed by atoms with E-state index >= 15 is 0 Å². The number of nitrogens with one attached hydrogen (secondary N) is 1. The molecule has 0 amide bonds. The van der Waals surface area contributed by atoms with Crippen LogP contribution in [0.25, 0.3) is 10.9 Å². The first-order valence-corrected chi connectivity index (χ1v) is 12.4. The third-order valence-corrected chi connectivity index (χ3v) is 7.02. The number of aromatic amines is 1. The minimum Gasteiger partial charge on any atom is -0.399 e. The summed E-state index contributed by atoms with van der Waals surface area (Å²) in [7, 11) is -0.317. The Labute approximate surface area is 221 Å². The quantitative estimate of drug-likeness (QED) is 0.326. The first-order chi connectivity index (χ1) is 17.2. The van der Waals surface area contributed by atoms with Crippen LogP contribution in [0.15, 0.2) is 76.3 Å².